The lowest BCUT2D eigenvalue weighted by Crippen LogP contribution is -2.23. The molecule has 3 N–H and O–H groups in total. The molecule has 1 saturated carbocycles. The molecule has 1 unspecified atom stereocenters. The van der Waals surface area contributed by atoms with Crippen LogP contribution in [0.4, 0.5) is 11.4 Å². The van der Waals surface area contributed by atoms with E-state index in [1.807, 2.05) is 38.1 Å². The van der Waals surface area contributed by atoms with E-state index in [1.54, 1.807) is 0 Å². The number of carbonyl (C=O) groups is 1. The zero-order valence-corrected chi connectivity index (χ0v) is 13.6. The van der Waals surface area contributed by atoms with Gasteiger partial charge in [0.2, 0.25) is 5.91 Å². The topological polar surface area (TPSA) is 61.4 Å². The maximum Gasteiger partial charge on any atom is 0.226 e. The van der Waals surface area contributed by atoms with Gasteiger partial charge < -0.3 is 15.7 Å². The second-order valence-electron chi connectivity index (χ2n) is 6.62. The van der Waals surface area contributed by atoms with Crippen LogP contribution < -0.4 is 10.6 Å². The number of carbonyl (C=O) groups excluding carboxylic acids is 1. The van der Waals surface area contributed by atoms with Crippen LogP contribution >= 0.6 is 0 Å². The van der Waals surface area contributed by atoms with Crippen LogP contribution in [0.25, 0.3) is 0 Å². The highest BCUT2D eigenvalue weighted by molar-refractivity contribution is 5.91. The first-order valence-corrected chi connectivity index (χ1v) is 8.39. The Kier molecular flexibility index (Phi) is 6.25. The van der Waals surface area contributed by atoms with Gasteiger partial charge in [0.25, 0.3) is 0 Å². The SMILES string of the molecule is CC(C)C(O)CC(=O)Nc1ccc(NC2CCCCC2)cc1. The molecular formula is C18H28N2O2. The third-order valence-corrected chi connectivity index (χ3v) is 4.31. The molecule has 1 atom stereocenters. The fraction of sp³-hybridized carbons (Fsp3) is 0.611. The summed E-state index contributed by atoms with van der Waals surface area (Å²) in [5.74, 6) is -0.0537. The summed E-state index contributed by atoms with van der Waals surface area (Å²) < 4.78 is 0. The monoisotopic (exact) mass is 304 g/mol. The molecule has 0 aromatic heterocycles. The summed E-state index contributed by atoms with van der Waals surface area (Å²) in [6, 6.07) is 8.40. The van der Waals surface area contributed by atoms with Crippen LogP contribution in [0.2, 0.25) is 0 Å². The van der Waals surface area contributed by atoms with Gasteiger partial charge in [-0.1, -0.05) is 33.1 Å². The Morgan fingerprint density at radius 3 is 2.32 bits per heavy atom. The minimum Gasteiger partial charge on any atom is -0.392 e. The van der Waals surface area contributed by atoms with E-state index in [9.17, 15) is 9.90 Å². The number of aliphatic hydroxyl groups is 1. The Morgan fingerprint density at radius 1 is 1.14 bits per heavy atom. The van der Waals surface area contributed by atoms with Gasteiger partial charge in [0.05, 0.1) is 12.5 Å². The molecule has 4 heteroatoms. The van der Waals surface area contributed by atoms with E-state index >= 15 is 0 Å². The van der Waals surface area contributed by atoms with Gasteiger partial charge in [-0.05, 0) is 43.0 Å². The van der Waals surface area contributed by atoms with Gasteiger partial charge in [-0.3, -0.25) is 4.79 Å². The molecule has 0 heterocycles. The molecule has 1 aromatic carbocycles. The minimum atomic E-state index is -0.591. The Morgan fingerprint density at radius 2 is 1.73 bits per heavy atom. The molecule has 1 amide bonds. The largest absolute Gasteiger partial charge is 0.392 e. The van der Waals surface area contributed by atoms with Crippen molar-refractivity contribution in [3.8, 4) is 0 Å². The Bertz CT molecular complexity index is 464. The van der Waals surface area contributed by atoms with Crippen molar-refractivity contribution in [1.29, 1.82) is 0 Å². The Hall–Kier alpha value is -1.55. The third-order valence-electron chi connectivity index (χ3n) is 4.31. The Labute approximate surface area is 133 Å². The standard InChI is InChI=1S/C18H28N2O2/c1-13(2)17(21)12-18(22)20-16-10-8-15(9-11-16)19-14-6-4-3-5-7-14/h8-11,13-14,17,19,21H,3-7,12H2,1-2H3,(H,20,22). The lowest BCUT2D eigenvalue weighted by Gasteiger charge is -2.24. The fourth-order valence-electron chi connectivity index (χ4n) is 2.77. The molecule has 1 aliphatic rings. The number of anilines is 2. The number of benzene rings is 1. The number of hydrogen-bond acceptors (Lipinski definition) is 3. The van der Waals surface area contributed by atoms with Crippen molar-refractivity contribution >= 4 is 17.3 Å². The van der Waals surface area contributed by atoms with Crippen molar-refractivity contribution in [3.63, 3.8) is 0 Å². The number of nitrogens with one attached hydrogen (secondary N) is 2. The number of rotatable bonds is 6. The van der Waals surface area contributed by atoms with Crippen LogP contribution in [0.15, 0.2) is 24.3 Å². The van der Waals surface area contributed by atoms with Gasteiger partial charge in [-0.15, -0.1) is 0 Å². The molecule has 1 fully saturated rings. The highest BCUT2D eigenvalue weighted by Crippen LogP contribution is 2.22. The summed E-state index contributed by atoms with van der Waals surface area (Å²) in [6.45, 7) is 3.81. The predicted octanol–water partition coefficient (Wildman–Crippen LogP) is 3.78. The summed E-state index contributed by atoms with van der Waals surface area (Å²) in [5, 5.41) is 16.1. The van der Waals surface area contributed by atoms with Gasteiger partial charge in [0.15, 0.2) is 0 Å². The lowest BCUT2D eigenvalue weighted by atomic mass is 9.95. The summed E-state index contributed by atoms with van der Waals surface area (Å²) in [4.78, 5) is 11.8. The van der Waals surface area contributed by atoms with E-state index in [1.165, 1.54) is 32.1 Å². The van der Waals surface area contributed by atoms with Gasteiger partial charge in [-0.2, -0.15) is 0 Å². The second-order valence-corrected chi connectivity index (χ2v) is 6.62. The number of hydrogen-bond donors (Lipinski definition) is 3. The molecule has 0 aliphatic heterocycles. The molecule has 1 aromatic rings. The van der Waals surface area contributed by atoms with Gasteiger partial charge >= 0.3 is 0 Å². The maximum atomic E-state index is 11.8. The van der Waals surface area contributed by atoms with E-state index in [-0.39, 0.29) is 18.2 Å². The smallest absolute Gasteiger partial charge is 0.226 e. The second kappa shape index (κ2) is 8.18. The van der Waals surface area contributed by atoms with E-state index in [4.69, 9.17) is 0 Å². The van der Waals surface area contributed by atoms with Crippen LogP contribution in [0.5, 0.6) is 0 Å². The van der Waals surface area contributed by atoms with Crippen LogP contribution in [0.3, 0.4) is 0 Å². The van der Waals surface area contributed by atoms with Crippen molar-refractivity contribution in [2.45, 2.75) is 64.5 Å². The van der Waals surface area contributed by atoms with E-state index < -0.39 is 6.10 Å². The van der Waals surface area contributed by atoms with Gasteiger partial charge in [-0.25, -0.2) is 0 Å². The van der Waals surface area contributed by atoms with Gasteiger partial charge in [0, 0.05) is 17.4 Å². The average Bonchev–Trinajstić information content (AvgIpc) is 2.50. The highest BCUT2D eigenvalue weighted by Gasteiger charge is 2.15. The molecule has 122 valence electrons. The van der Waals surface area contributed by atoms with E-state index in [2.05, 4.69) is 10.6 Å². The van der Waals surface area contributed by atoms with Crippen molar-refractivity contribution in [2.24, 2.45) is 5.92 Å². The normalized spacial score (nSPS) is 17.3. The van der Waals surface area contributed by atoms with Crippen LogP contribution in [-0.4, -0.2) is 23.2 Å². The third kappa shape index (κ3) is 5.34. The van der Waals surface area contributed by atoms with Crippen LogP contribution in [0, 0.1) is 5.92 Å². The van der Waals surface area contributed by atoms with Crippen LogP contribution in [0.1, 0.15) is 52.4 Å². The van der Waals surface area contributed by atoms with Crippen LogP contribution in [-0.2, 0) is 4.79 Å². The van der Waals surface area contributed by atoms with E-state index in [0.717, 1.165) is 11.4 Å². The first-order valence-electron chi connectivity index (χ1n) is 8.39. The first-order chi connectivity index (χ1) is 10.5. The highest BCUT2D eigenvalue weighted by atomic mass is 16.3. The van der Waals surface area contributed by atoms with Crippen molar-refractivity contribution < 1.29 is 9.90 Å². The summed E-state index contributed by atoms with van der Waals surface area (Å²) >= 11 is 0. The molecule has 2 rings (SSSR count). The van der Waals surface area contributed by atoms with Crippen molar-refractivity contribution in [1.82, 2.24) is 0 Å². The first kappa shape index (κ1) is 16.8. The maximum absolute atomic E-state index is 11.8. The number of amides is 1. The predicted molar refractivity (Wildman–Crippen MR) is 91.0 cm³/mol. The molecular weight excluding hydrogens is 276 g/mol. The molecule has 0 bridgehead atoms. The zero-order chi connectivity index (χ0) is 15.9. The Balaban J connectivity index is 1.82. The summed E-state index contributed by atoms with van der Waals surface area (Å²) in [6.07, 6.45) is 6.00. The lowest BCUT2D eigenvalue weighted by molar-refractivity contribution is -0.118. The average molecular weight is 304 g/mol. The van der Waals surface area contributed by atoms with E-state index in [0.29, 0.717) is 6.04 Å². The minimum absolute atomic E-state index is 0.0906. The molecule has 0 saturated heterocycles. The van der Waals surface area contributed by atoms with Gasteiger partial charge in [0.1, 0.15) is 0 Å². The fourth-order valence-corrected chi connectivity index (χ4v) is 2.77. The molecule has 0 radical (unpaired) electrons. The number of aliphatic hydroxyl groups excluding tert-OH is 1. The van der Waals surface area contributed by atoms with Crippen molar-refractivity contribution in [2.75, 3.05) is 10.6 Å². The molecule has 0 spiro atoms. The summed E-state index contributed by atoms with van der Waals surface area (Å²) in [7, 11) is 0. The quantitative estimate of drug-likeness (QED) is 0.749. The molecule has 4 nitrogen and oxygen atoms in total. The zero-order valence-electron chi connectivity index (χ0n) is 13.6. The van der Waals surface area contributed by atoms with Crippen molar-refractivity contribution in [3.05, 3.63) is 24.3 Å². The molecule has 22 heavy (non-hydrogen) atoms. The summed E-state index contributed by atoms with van der Waals surface area (Å²) in [5.41, 5.74) is 1.88. The molecule has 1 aliphatic carbocycles.